The van der Waals surface area contributed by atoms with Crippen molar-refractivity contribution in [1.82, 2.24) is 0 Å². The highest BCUT2D eigenvalue weighted by Gasteiger charge is 1.86. The first-order chi connectivity index (χ1) is 12.8. The van der Waals surface area contributed by atoms with Crippen LogP contribution >= 0.6 is 0 Å². The molecule has 0 aliphatic carbocycles. The fourth-order valence-electron chi connectivity index (χ4n) is 2.77. The van der Waals surface area contributed by atoms with Gasteiger partial charge in [0.1, 0.15) is 0 Å². The molecule has 0 amide bonds. The topological polar surface area (TPSA) is 0 Å². The van der Waals surface area contributed by atoms with Gasteiger partial charge in [-0.25, -0.2) is 0 Å². The van der Waals surface area contributed by atoms with Gasteiger partial charge in [0.15, 0.2) is 0 Å². The van der Waals surface area contributed by atoms with E-state index in [0.717, 1.165) is 6.42 Å². The Morgan fingerprint density at radius 2 is 0.731 bits per heavy atom. The normalized spacial score (nSPS) is 9.73. The van der Waals surface area contributed by atoms with Gasteiger partial charge < -0.3 is 0 Å². The second kappa shape index (κ2) is 26.4. The third-order valence-corrected chi connectivity index (χ3v) is 4.67. The Bertz CT molecular complexity index is 288. The maximum atomic E-state index is 2.26. The van der Waals surface area contributed by atoms with Crippen molar-refractivity contribution in [1.29, 1.82) is 0 Å². The van der Waals surface area contributed by atoms with E-state index in [9.17, 15) is 0 Å². The minimum Gasteiger partial charge on any atom is -0.0654 e. The second-order valence-corrected chi connectivity index (χ2v) is 7.37. The van der Waals surface area contributed by atoms with Gasteiger partial charge in [0.05, 0.1) is 0 Å². The number of benzene rings is 1. The molecular formula is C26H50. The molecule has 154 valence electrons. The van der Waals surface area contributed by atoms with E-state index in [1.165, 1.54) is 95.5 Å². The first-order valence-corrected chi connectivity index (χ1v) is 11.8. The molecule has 0 nitrogen and oxygen atoms in total. The van der Waals surface area contributed by atoms with E-state index in [1.807, 2.05) is 6.07 Å². The summed E-state index contributed by atoms with van der Waals surface area (Å²) in [5.41, 5.74) is 1.41. The van der Waals surface area contributed by atoms with Crippen molar-refractivity contribution in [3.63, 3.8) is 0 Å². The summed E-state index contributed by atoms with van der Waals surface area (Å²) in [7, 11) is 0. The van der Waals surface area contributed by atoms with Crippen LogP contribution in [0.3, 0.4) is 0 Å². The zero-order chi connectivity index (χ0) is 19.7. The summed E-state index contributed by atoms with van der Waals surface area (Å²) < 4.78 is 0. The standard InChI is InChI=1S/2C9H20.C8H10/c2*1-3-5-7-9-8-6-4-2;1-2-8-6-4-3-5-7-8/h2*3-9H2,1-2H3;3-7H,2H2,1H3. The van der Waals surface area contributed by atoms with Gasteiger partial charge in [0, 0.05) is 0 Å². The number of rotatable bonds is 13. The van der Waals surface area contributed by atoms with E-state index < -0.39 is 0 Å². The van der Waals surface area contributed by atoms with Crippen molar-refractivity contribution >= 4 is 0 Å². The van der Waals surface area contributed by atoms with Crippen LogP contribution in [-0.2, 0) is 6.42 Å². The van der Waals surface area contributed by atoms with Crippen molar-refractivity contribution in [3.05, 3.63) is 35.9 Å². The Balaban J connectivity index is 0. The monoisotopic (exact) mass is 362 g/mol. The van der Waals surface area contributed by atoms with Crippen molar-refractivity contribution in [2.24, 2.45) is 0 Å². The smallest absolute Gasteiger partial charge is 0.0307 e. The lowest BCUT2D eigenvalue weighted by molar-refractivity contribution is 0.602. The van der Waals surface area contributed by atoms with E-state index >= 15 is 0 Å². The molecule has 0 bridgehead atoms. The molecule has 0 aromatic heterocycles. The van der Waals surface area contributed by atoms with Crippen molar-refractivity contribution in [3.8, 4) is 0 Å². The molecule has 26 heavy (non-hydrogen) atoms. The van der Waals surface area contributed by atoms with Crippen LogP contribution in [0.1, 0.15) is 130 Å². The molecule has 0 saturated heterocycles. The van der Waals surface area contributed by atoms with Crippen molar-refractivity contribution in [2.45, 2.75) is 131 Å². The summed E-state index contributed by atoms with van der Waals surface area (Å²) in [5, 5.41) is 0. The van der Waals surface area contributed by atoms with Crippen LogP contribution < -0.4 is 0 Å². The summed E-state index contributed by atoms with van der Waals surface area (Å²) in [4.78, 5) is 0. The Kier molecular flexibility index (Phi) is 27.9. The molecule has 1 aromatic carbocycles. The number of hydrogen-bond acceptors (Lipinski definition) is 0. The van der Waals surface area contributed by atoms with Gasteiger partial charge in [-0.05, 0) is 12.0 Å². The molecule has 0 atom stereocenters. The molecule has 0 unspecified atom stereocenters. The summed E-state index contributed by atoms with van der Waals surface area (Å²) in [6.07, 6.45) is 21.1. The molecule has 0 aliphatic heterocycles. The maximum Gasteiger partial charge on any atom is -0.0307 e. The van der Waals surface area contributed by atoms with Crippen molar-refractivity contribution in [2.75, 3.05) is 0 Å². The summed E-state index contributed by atoms with van der Waals surface area (Å²) in [6, 6.07) is 10.5. The first kappa shape index (κ1) is 27.4. The van der Waals surface area contributed by atoms with Gasteiger partial charge in [-0.15, -0.1) is 0 Å². The lowest BCUT2D eigenvalue weighted by atomic mass is 10.1. The Morgan fingerprint density at radius 3 is 0.962 bits per heavy atom. The molecule has 1 aromatic rings. The average Bonchev–Trinajstić information content (AvgIpc) is 2.69. The Labute approximate surface area is 167 Å². The molecule has 0 fully saturated rings. The van der Waals surface area contributed by atoms with Crippen LogP contribution in [0.4, 0.5) is 0 Å². The molecule has 1 rings (SSSR count). The first-order valence-electron chi connectivity index (χ1n) is 11.8. The van der Waals surface area contributed by atoms with E-state index in [0.29, 0.717) is 0 Å². The maximum absolute atomic E-state index is 2.26. The molecule has 0 saturated carbocycles. The highest BCUT2D eigenvalue weighted by molar-refractivity contribution is 5.13. The lowest BCUT2D eigenvalue weighted by Crippen LogP contribution is -1.76. The van der Waals surface area contributed by atoms with Crippen LogP contribution in [0.15, 0.2) is 30.3 Å². The third kappa shape index (κ3) is 25.5. The lowest BCUT2D eigenvalue weighted by Gasteiger charge is -1.96. The Morgan fingerprint density at radius 1 is 0.423 bits per heavy atom. The third-order valence-electron chi connectivity index (χ3n) is 4.67. The zero-order valence-electron chi connectivity index (χ0n) is 19.0. The van der Waals surface area contributed by atoms with Gasteiger partial charge in [-0.1, -0.05) is 155 Å². The van der Waals surface area contributed by atoms with Crippen LogP contribution in [0, 0.1) is 0 Å². The summed E-state index contributed by atoms with van der Waals surface area (Å²) >= 11 is 0. The largest absolute Gasteiger partial charge is 0.0654 e. The molecular weight excluding hydrogens is 312 g/mol. The predicted octanol–water partition coefficient (Wildman–Crippen LogP) is 9.76. The number of hydrogen-bond donors (Lipinski definition) is 0. The van der Waals surface area contributed by atoms with Gasteiger partial charge in [-0.3, -0.25) is 0 Å². The van der Waals surface area contributed by atoms with Crippen LogP contribution in [0.25, 0.3) is 0 Å². The zero-order valence-corrected chi connectivity index (χ0v) is 19.0. The highest BCUT2D eigenvalue weighted by Crippen LogP contribution is 2.06. The predicted molar refractivity (Wildman–Crippen MR) is 123 cm³/mol. The fraction of sp³-hybridized carbons (Fsp3) is 0.769. The van der Waals surface area contributed by atoms with Gasteiger partial charge in [-0.2, -0.15) is 0 Å². The van der Waals surface area contributed by atoms with Gasteiger partial charge >= 0.3 is 0 Å². The quantitative estimate of drug-likeness (QED) is 0.306. The second-order valence-electron chi connectivity index (χ2n) is 7.37. The SMILES string of the molecule is CCCCCCCCC.CCCCCCCCC.CCc1ccccc1. The molecule has 0 heterocycles. The van der Waals surface area contributed by atoms with E-state index in [-0.39, 0.29) is 0 Å². The van der Waals surface area contributed by atoms with Crippen LogP contribution in [-0.4, -0.2) is 0 Å². The molecule has 0 heteroatoms. The minimum absolute atomic E-state index is 1.14. The molecule has 0 spiro atoms. The van der Waals surface area contributed by atoms with E-state index in [2.05, 4.69) is 58.9 Å². The van der Waals surface area contributed by atoms with Gasteiger partial charge in [0.2, 0.25) is 0 Å². The summed E-state index contributed by atoms with van der Waals surface area (Å²) in [5.74, 6) is 0. The minimum atomic E-state index is 1.14. The van der Waals surface area contributed by atoms with Gasteiger partial charge in [0.25, 0.3) is 0 Å². The fourth-order valence-corrected chi connectivity index (χ4v) is 2.77. The Hall–Kier alpha value is -0.780. The van der Waals surface area contributed by atoms with E-state index in [1.54, 1.807) is 0 Å². The van der Waals surface area contributed by atoms with Crippen LogP contribution in [0.5, 0.6) is 0 Å². The number of unbranched alkanes of at least 4 members (excludes halogenated alkanes) is 12. The number of aryl methyl sites for hydroxylation is 1. The molecule has 0 radical (unpaired) electrons. The molecule has 0 N–H and O–H groups in total. The van der Waals surface area contributed by atoms with Crippen molar-refractivity contribution < 1.29 is 0 Å². The average molecular weight is 363 g/mol. The van der Waals surface area contributed by atoms with Crippen LogP contribution in [0.2, 0.25) is 0 Å². The summed E-state index contributed by atoms with van der Waals surface area (Å²) in [6.45, 7) is 11.2. The molecule has 0 aliphatic rings. The highest BCUT2D eigenvalue weighted by atomic mass is 13.9. The van der Waals surface area contributed by atoms with E-state index in [4.69, 9.17) is 0 Å².